The highest BCUT2D eigenvalue weighted by molar-refractivity contribution is 5.93. The predicted molar refractivity (Wildman–Crippen MR) is 93.8 cm³/mol. The number of amides is 1. The molecule has 1 amide bonds. The van der Waals surface area contributed by atoms with Crippen molar-refractivity contribution < 1.29 is 9.53 Å². The normalized spacial score (nSPS) is 10.5. The van der Waals surface area contributed by atoms with Crippen LogP contribution >= 0.6 is 0 Å². The highest BCUT2D eigenvalue weighted by Crippen LogP contribution is 2.23. The molecular formula is C18H19N5O2. The van der Waals surface area contributed by atoms with Gasteiger partial charge in [0.25, 0.3) is 5.91 Å². The van der Waals surface area contributed by atoms with Gasteiger partial charge in [0.1, 0.15) is 0 Å². The van der Waals surface area contributed by atoms with Crippen LogP contribution in [0.3, 0.4) is 0 Å². The number of carbonyl (C=O) groups is 1. The van der Waals surface area contributed by atoms with E-state index >= 15 is 0 Å². The Morgan fingerprint density at radius 3 is 2.68 bits per heavy atom. The Balaban J connectivity index is 2.11. The molecule has 0 saturated carbocycles. The first-order valence-corrected chi connectivity index (χ1v) is 7.91. The second-order valence-corrected chi connectivity index (χ2v) is 5.42. The fourth-order valence-electron chi connectivity index (χ4n) is 2.34. The van der Waals surface area contributed by atoms with Gasteiger partial charge in [-0.1, -0.05) is 6.07 Å². The molecule has 3 aromatic heterocycles. The van der Waals surface area contributed by atoms with E-state index in [1.165, 1.54) is 0 Å². The lowest BCUT2D eigenvalue weighted by Gasteiger charge is -2.11. The van der Waals surface area contributed by atoms with Gasteiger partial charge in [-0.25, -0.2) is 9.67 Å². The molecular weight excluding hydrogens is 318 g/mol. The first-order valence-electron chi connectivity index (χ1n) is 7.91. The van der Waals surface area contributed by atoms with Crippen LogP contribution in [0, 0.1) is 0 Å². The minimum Gasteiger partial charge on any atom is -0.481 e. The molecule has 128 valence electrons. The van der Waals surface area contributed by atoms with Crippen LogP contribution in [0.2, 0.25) is 0 Å². The Bertz CT molecular complexity index is 859. The quantitative estimate of drug-likeness (QED) is 0.715. The van der Waals surface area contributed by atoms with Crippen molar-refractivity contribution in [3.63, 3.8) is 0 Å². The zero-order valence-electron chi connectivity index (χ0n) is 14.4. The molecule has 0 fully saturated rings. The van der Waals surface area contributed by atoms with Gasteiger partial charge in [0.2, 0.25) is 5.88 Å². The Labute approximate surface area is 145 Å². The van der Waals surface area contributed by atoms with E-state index in [0.29, 0.717) is 18.1 Å². The SMILES string of the molecule is CCN(C)C(=O)c1cc(-c2ccccn2)n(-c2ccc(OC)nc2)n1. The third kappa shape index (κ3) is 3.35. The highest BCUT2D eigenvalue weighted by atomic mass is 16.5. The Morgan fingerprint density at radius 1 is 1.24 bits per heavy atom. The van der Waals surface area contributed by atoms with Crippen LogP contribution in [-0.2, 0) is 0 Å². The van der Waals surface area contributed by atoms with Crippen LogP contribution in [0.1, 0.15) is 17.4 Å². The molecule has 0 aliphatic heterocycles. The summed E-state index contributed by atoms with van der Waals surface area (Å²) >= 11 is 0. The second kappa shape index (κ2) is 7.12. The van der Waals surface area contributed by atoms with Gasteiger partial charge in [-0.2, -0.15) is 5.10 Å². The first-order chi connectivity index (χ1) is 12.1. The molecule has 0 aromatic carbocycles. The van der Waals surface area contributed by atoms with E-state index in [1.807, 2.05) is 31.2 Å². The number of hydrogen-bond acceptors (Lipinski definition) is 5. The third-order valence-corrected chi connectivity index (χ3v) is 3.85. The van der Waals surface area contributed by atoms with Crippen molar-refractivity contribution >= 4 is 5.91 Å². The molecule has 0 spiro atoms. The van der Waals surface area contributed by atoms with E-state index in [2.05, 4.69) is 15.1 Å². The van der Waals surface area contributed by atoms with Crippen molar-refractivity contribution in [2.24, 2.45) is 0 Å². The van der Waals surface area contributed by atoms with Crippen molar-refractivity contribution in [3.8, 4) is 23.0 Å². The highest BCUT2D eigenvalue weighted by Gasteiger charge is 2.19. The number of pyridine rings is 2. The number of carbonyl (C=O) groups excluding carboxylic acids is 1. The molecule has 0 bridgehead atoms. The number of rotatable bonds is 5. The van der Waals surface area contributed by atoms with E-state index in [1.54, 1.807) is 48.3 Å². The molecule has 0 unspecified atom stereocenters. The fourth-order valence-corrected chi connectivity index (χ4v) is 2.34. The Morgan fingerprint density at radius 2 is 2.08 bits per heavy atom. The summed E-state index contributed by atoms with van der Waals surface area (Å²) in [6, 6.07) is 11.0. The summed E-state index contributed by atoms with van der Waals surface area (Å²) in [4.78, 5) is 22.7. The molecule has 3 rings (SSSR count). The monoisotopic (exact) mass is 337 g/mol. The Hall–Kier alpha value is -3.22. The zero-order valence-corrected chi connectivity index (χ0v) is 14.4. The molecule has 0 atom stereocenters. The number of ether oxygens (including phenoxy) is 1. The number of aromatic nitrogens is 4. The maximum absolute atomic E-state index is 12.5. The summed E-state index contributed by atoms with van der Waals surface area (Å²) in [7, 11) is 3.31. The number of nitrogens with zero attached hydrogens (tertiary/aromatic N) is 5. The molecule has 7 nitrogen and oxygen atoms in total. The van der Waals surface area contributed by atoms with Crippen LogP contribution in [0.15, 0.2) is 48.8 Å². The molecule has 7 heteroatoms. The van der Waals surface area contributed by atoms with Gasteiger partial charge in [0.05, 0.1) is 30.4 Å². The van der Waals surface area contributed by atoms with Crippen molar-refractivity contribution in [3.05, 3.63) is 54.5 Å². The van der Waals surface area contributed by atoms with Gasteiger partial charge in [-0.05, 0) is 31.2 Å². The third-order valence-electron chi connectivity index (χ3n) is 3.85. The topological polar surface area (TPSA) is 73.1 Å². The van der Waals surface area contributed by atoms with E-state index in [9.17, 15) is 4.79 Å². The van der Waals surface area contributed by atoms with Crippen LogP contribution in [0.5, 0.6) is 5.88 Å². The number of hydrogen-bond donors (Lipinski definition) is 0. The number of methoxy groups -OCH3 is 1. The average molecular weight is 337 g/mol. The van der Waals surface area contributed by atoms with E-state index < -0.39 is 0 Å². The van der Waals surface area contributed by atoms with Crippen molar-refractivity contribution in [1.82, 2.24) is 24.6 Å². The zero-order chi connectivity index (χ0) is 17.8. The summed E-state index contributed by atoms with van der Waals surface area (Å²) < 4.78 is 6.77. The molecule has 0 saturated heterocycles. The van der Waals surface area contributed by atoms with Gasteiger partial charge >= 0.3 is 0 Å². The molecule has 3 heterocycles. The molecule has 3 aromatic rings. The fraction of sp³-hybridized carbons (Fsp3) is 0.222. The summed E-state index contributed by atoms with van der Waals surface area (Å²) in [5.74, 6) is 0.372. The van der Waals surface area contributed by atoms with Crippen LogP contribution in [-0.4, -0.2) is 51.3 Å². The maximum atomic E-state index is 12.5. The maximum Gasteiger partial charge on any atom is 0.274 e. The minimum absolute atomic E-state index is 0.139. The lowest BCUT2D eigenvalue weighted by molar-refractivity contribution is 0.0796. The van der Waals surface area contributed by atoms with Crippen LogP contribution < -0.4 is 4.74 Å². The van der Waals surface area contributed by atoms with Crippen LogP contribution in [0.4, 0.5) is 0 Å². The van der Waals surface area contributed by atoms with Gasteiger partial charge in [0.15, 0.2) is 5.69 Å². The summed E-state index contributed by atoms with van der Waals surface area (Å²) in [5, 5.41) is 4.49. The van der Waals surface area contributed by atoms with Gasteiger partial charge in [0, 0.05) is 25.9 Å². The summed E-state index contributed by atoms with van der Waals surface area (Å²) in [6.07, 6.45) is 3.36. The summed E-state index contributed by atoms with van der Waals surface area (Å²) in [6.45, 7) is 2.52. The average Bonchev–Trinajstić information content (AvgIpc) is 3.13. The molecule has 0 aliphatic rings. The molecule has 0 aliphatic carbocycles. The van der Waals surface area contributed by atoms with Crippen LogP contribution in [0.25, 0.3) is 17.1 Å². The van der Waals surface area contributed by atoms with Gasteiger partial charge in [-0.15, -0.1) is 0 Å². The molecule has 0 N–H and O–H groups in total. The lowest BCUT2D eigenvalue weighted by Crippen LogP contribution is -2.26. The summed E-state index contributed by atoms with van der Waals surface area (Å²) in [5.41, 5.74) is 2.53. The smallest absolute Gasteiger partial charge is 0.274 e. The predicted octanol–water partition coefficient (Wildman–Crippen LogP) is 2.43. The van der Waals surface area contributed by atoms with Crippen molar-refractivity contribution in [2.75, 3.05) is 20.7 Å². The van der Waals surface area contributed by atoms with Crippen molar-refractivity contribution in [2.45, 2.75) is 6.92 Å². The lowest BCUT2D eigenvalue weighted by atomic mass is 10.2. The van der Waals surface area contributed by atoms with E-state index in [4.69, 9.17) is 4.74 Å². The standard InChI is InChI=1S/C18H19N5O2/c1-4-22(2)18(24)15-11-16(14-7-5-6-10-19-14)23(21-15)13-8-9-17(25-3)20-12-13/h5-12H,4H2,1-3H3. The molecule has 25 heavy (non-hydrogen) atoms. The Kier molecular flexibility index (Phi) is 4.74. The second-order valence-electron chi connectivity index (χ2n) is 5.42. The van der Waals surface area contributed by atoms with Gasteiger partial charge < -0.3 is 9.64 Å². The largest absolute Gasteiger partial charge is 0.481 e. The minimum atomic E-state index is -0.139. The molecule has 0 radical (unpaired) electrons. The first kappa shape index (κ1) is 16.6. The van der Waals surface area contributed by atoms with Crippen molar-refractivity contribution in [1.29, 1.82) is 0 Å². The van der Waals surface area contributed by atoms with E-state index in [0.717, 1.165) is 17.1 Å². The van der Waals surface area contributed by atoms with Gasteiger partial charge in [-0.3, -0.25) is 9.78 Å². The van der Waals surface area contributed by atoms with E-state index in [-0.39, 0.29) is 5.91 Å².